The van der Waals surface area contributed by atoms with Gasteiger partial charge >= 0.3 is 0 Å². The van der Waals surface area contributed by atoms with Crippen molar-refractivity contribution in [1.82, 2.24) is 10.6 Å². The Hall–Kier alpha value is -1.88. The molecule has 104 valence electrons. The van der Waals surface area contributed by atoms with Gasteiger partial charge in [0.15, 0.2) is 0 Å². The van der Waals surface area contributed by atoms with Crippen LogP contribution < -0.4 is 16.4 Å². The first-order chi connectivity index (χ1) is 9.06. The molecule has 0 aliphatic rings. The first-order valence-corrected chi connectivity index (χ1v) is 6.44. The number of carbonyl (C=O) groups is 2. The second-order valence-electron chi connectivity index (χ2n) is 4.41. The average Bonchev–Trinajstić information content (AvgIpc) is 2.44. The van der Waals surface area contributed by atoms with Crippen LogP contribution in [0.15, 0.2) is 30.3 Å². The zero-order chi connectivity index (χ0) is 14.3. The van der Waals surface area contributed by atoms with Gasteiger partial charge in [-0.15, -0.1) is 0 Å². The number of nitrogens with one attached hydrogen (secondary N) is 2. The van der Waals surface area contributed by atoms with Crippen molar-refractivity contribution in [2.24, 2.45) is 5.73 Å². The van der Waals surface area contributed by atoms with Crippen LogP contribution >= 0.6 is 0 Å². The van der Waals surface area contributed by atoms with E-state index in [0.717, 1.165) is 12.0 Å². The summed E-state index contributed by atoms with van der Waals surface area (Å²) in [5.74, 6) is -0.555. The number of nitrogens with two attached hydrogens (primary N) is 1. The van der Waals surface area contributed by atoms with Gasteiger partial charge in [0.25, 0.3) is 0 Å². The molecule has 0 aliphatic heterocycles. The Labute approximate surface area is 113 Å². The van der Waals surface area contributed by atoms with Crippen LogP contribution in [-0.4, -0.2) is 24.4 Å². The quantitative estimate of drug-likeness (QED) is 0.707. The van der Waals surface area contributed by atoms with Crippen molar-refractivity contribution in [3.05, 3.63) is 35.9 Å². The molecule has 5 heteroatoms. The van der Waals surface area contributed by atoms with E-state index in [1.54, 1.807) is 19.1 Å². The van der Waals surface area contributed by atoms with Crippen LogP contribution in [0.4, 0.5) is 0 Å². The maximum Gasteiger partial charge on any atom is 0.242 e. The molecule has 5 nitrogen and oxygen atoms in total. The van der Waals surface area contributed by atoms with Crippen molar-refractivity contribution >= 4 is 11.8 Å². The molecule has 0 aromatic heterocycles. The summed E-state index contributed by atoms with van der Waals surface area (Å²) >= 11 is 0. The molecule has 0 radical (unpaired) electrons. The summed E-state index contributed by atoms with van der Waals surface area (Å²) < 4.78 is 0. The molecule has 2 amide bonds. The molecule has 19 heavy (non-hydrogen) atoms. The zero-order valence-electron chi connectivity index (χ0n) is 11.3. The van der Waals surface area contributed by atoms with Crippen molar-refractivity contribution < 1.29 is 9.59 Å². The van der Waals surface area contributed by atoms with Gasteiger partial charge in [-0.1, -0.05) is 37.3 Å². The molecule has 4 N–H and O–H groups in total. The summed E-state index contributed by atoms with van der Waals surface area (Å²) in [6.07, 6.45) is 0.857. The molecule has 0 fully saturated rings. The summed E-state index contributed by atoms with van der Waals surface area (Å²) in [7, 11) is 0. The van der Waals surface area contributed by atoms with Crippen LogP contribution in [0.5, 0.6) is 0 Å². The molecule has 0 aliphatic carbocycles. The number of hydrogen-bond acceptors (Lipinski definition) is 3. The second-order valence-corrected chi connectivity index (χ2v) is 4.41. The largest absolute Gasteiger partial charge is 0.354 e. The van der Waals surface area contributed by atoms with Crippen LogP contribution in [0, 0.1) is 0 Å². The minimum absolute atomic E-state index is 0.199. The topological polar surface area (TPSA) is 84.2 Å². The van der Waals surface area contributed by atoms with E-state index in [1.165, 1.54) is 0 Å². The Morgan fingerprint density at radius 2 is 1.84 bits per heavy atom. The molecule has 0 spiro atoms. The van der Waals surface area contributed by atoms with E-state index < -0.39 is 12.1 Å². The number of amides is 2. The van der Waals surface area contributed by atoms with Gasteiger partial charge in [0.05, 0.1) is 0 Å². The van der Waals surface area contributed by atoms with Gasteiger partial charge in [0.1, 0.15) is 12.1 Å². The molecular formula is C14H21N3O2. The van der Waals surface area contributed by atoms with E-state index in [2.05, 4.69) is 10.6 Å². The lowest BCUT2D eigenvalue weighted by Crippen LogP contribution is -2.47. The fourth-order valence-electron chi connectivity index (χ4n) is 1.58. The highest BCUT2D eigenvalue weighted by atomic mass is 16.2. The Kier molecular flexibility index (Phi) is 6.02. The molecule has 1 rings (SSSR count). The molecule has 0 saturated carbocycles. The van der Waals surface area contributed by atoms with E-state index in [1.807, 2.05) is 25.1 Å². The third-order valence-electron chi connectivity index (χ3n) is 2.74. The Bertz CT molecular complexity index is 420. The lowest BCUT2D eigenvalue weighted by Gasteiger charge is -2.17. The van der Waals surface area contributed by atoms with E-state index in [9.17, 15) is 9.59 Å². The summed E-state index contributed by atoms with van der Waals surface area (Å²) in [5, 5.41) is 5.33. The summed E-state index contributed by atoms with van der Waals surface area (Å²) in [6, 6.07) is 7.71. The van der Waals surface area contributed by atoms with Gasteiger partial charge in [-0.2, -0.15) is 0 Å². The van der Waals surface area contributed by atoms with E-state index in [4.69, 9.17) is 5.73 Å². The third kappa shape index (κ3) is 4.71. The van der Waals surface area contributed by atoms with E-state index in [-0.39, 0.29) is 11.8 Å². The van der Waals surface area contributed by atoms with Crippen molar-refractivity contribution in [1.29, 1.82) is 0 Å². The minimum atomic E-state index is -0.761. The van der Waals surface area contributed by atoms with Crippen molar-refractivity contribution in [2.45, 2.75) is 32.4 Å². The maximum atomic E-state index is 11.9. The first-order valence-electron chi connectivity index (χ1n) is 6.44. The smallest absolute Gasteiger partial charge is 0.242 e. The summed E-state index contributed by atoms with van der Waals surface area (Å²) in [4.78, 5) is 23.5. The Balaban J connectivity index is 2.52. The minimum Gasteiger partial charge on any atom is -0.354 e. The number of hydrogen-bond donors (Lipinski definition) is 3. The fraction of sp³-hybridized carbons (Fsp3) is 0.429. The molecule has 0 saturated heterocycles. The summed E-state index contributed by atoms with van der Waals surface area (Å²) in [5.41, 5.74) is 6.57. The standard InChI is InChI=1S/C14H21N3O2/c1-3-9-16-13(18)10(2)17-14(19)12(15)11-7-5-4-6-8-11/h4-8,10,12H,3,9,15H2,1-2H3,(H,16,18)(H,17,19). The van der Waals surface area contributed by atoms with Gasteiger partial charge < -0.3 is 16.4 Å². The van der Waals surface area contributed by atoms with Gasteiger partial charge in [0, 0.05) is 6.54 Å². The lowest BCUT2D eigenvalue weighted by molar-refractivity contribution is -0.129. The van der Waals surface area contributed by atoms with Crippen LogP contribution in [0.2, 0.25) is 0 Å². The van der Waals surface area contributed by atoms with Crippen LogP contribution in [0.25, 0.3) is 0 Å². The van der Waals surface area contributed by atoms with Gasteiger partial charge in [-0.25, -0.2) is 0 Å². The highest BCUT2D eigenvalue weighted by Gasteiger charge is 2.20. The van der Waals surface area contributed by atoms with Crippen molar-refractivity contribution in [3.8, 4) is 0 Å². The third-order valence-corrected chi connectivity index (χ3v) is 2.74. The lowest BCUT2D eigenvalue weighted by atomic mass is 10.1. The van der Waals surface area contributed by atoms with Crippen LogP contribution in [0.3, 0.4) is 0 Å². The summed E-state index contributed by atoms with van der Waals surface area (Å²) in [6.45, 7) is 4.21. The van der Waals surface area contributed by atoms with E-state index in [0.29, 0.717) is 6.54 Å². The van der Waals surface area contributed by atoms with Gasteiger partial charge in [-0.05, 0) is 18.9 Å². The Morgan fingerprint density at radius 1 is 1.21 bits per heavy atom. The molecule has 2 unspecified atom stereocenters. The van der Waals surface area contributed by atoms with Crippen LogP contribution in [-0.2, 0) is 9.59 Å². The predicted octanol–water partition coefficient (Wildman–Crippen LogP) is 0.717. The molecule has 1 aromatic carbocycles. The average molecular weight is 263 g/mol. The predicted molar refractivity (Wildman–Crippen MR) is 74.3 cm³/mol. The van der Waals surface area contributed by atoms with Crippen molar-refractivity contribution in [3.63, 3.8) is 0 Å². The zero-order valence-corrected chi connectivity index (χ0v) is 11.3. The molecule has 1 aromatic rings. The van der Waals surface area contributed by atoms with Gasteiger partial charge in [0.2, 0.25) is 11.8 Å². The van der Waals surface area contributed by atoms with Gasteiger partial charge in [-0.3, -0.25) is 9.59 Å². The maximum absolute atomic E-state index is 11.9. The Morgan fingerprint density at radius 3 is 2.42 bits per heavy atom. The fourth-order valence-corrected chi connectivity index (χ4v) is 1.58. The SMILES string of the molecule is CCCNC(=O)C(C)NC(=O)C(N)c1ccccc1. The highest BCUT2D eigenvalue weighted by molar-refractivity contribution is 5.89. The van der Waals surface area contributed by atoms with E-state index >= 15 is 0 Å². The molecule has 0 heterocycles. The molecular weight excluding hydrogens is 242 g/mol. The highest BCUT2D eigenvalue weighted by Crippen LogP contribution is 2.09. The van der Waals surface area contributed by atoms with Crippen molar-refractivity contribution in [2.75, 3.05) is 6.54 Å². The second kappa shape index (κ2) is 7.53. The monoisotopic (exact) mass is 263 g/mol. The van der Waals surface area contributed by atoms with Crippen LogP contribution in [0.1, 0.15) is 31.9 Å². The number of rotatable bonds is 6. The normalized spacial score (nSPS) is 13.4. The first kappa shape index (κ1) is 15.2. The molecule has 2 atom stereocenters. The number of carbonyl (C=O) groups excluding carboxylic acids is 2. The number of benzene rings is 1. The molecule has 0 bridgehead atoms.